The first kappa shape index (κ1) is 15.9. The molecule has 0 radical (unpaired) electrons. The quantitative estimate of drug-likeness (QED) is 0.802. The van der Waals surface area contributed by atoms with Gasteiger partial charge in [0.15, 0.2) is 0 Å². The van der Waals surface area contributed by atoms with Crippen LogP contribution in [0.15, 0.2) is 24.3 Å². The number of rotatable bonds is 4. The minimum Gasteiger partial charge on any atom is -0.309 e. The predicted molar refractivity (Wildman–Crippen MR) is 76.0 cm³/mol. The summed E-state index contributed by atoms with van der Waals surface area (Å²) >= 11 is 0. The van der Waals surface area contributed by atoms with Crippen LogP contribution in [0.2, 0.25) is 0 Å². The highest BCUT2D eigenvalue weighted by Crippen LogP contribution is 2.39. The van der Waals surface area contributed by atoms with Crippen LogP contribution >= 0.6 is 0 Å². The van der Waals surface area contributed by atoms with E-state index < -0.39 is 11.7 Å². The number of carbonyl (C=O) groups is 1. The van der Waals surface area contributed by atoms with E-state index in [0.717, 1.165) is 25.0 Å². The topological polar surface area (TPSA) is 20.3 Å². The summed E-state index contributed by atoms with van der Waals surface area (Å²) in [5, 5.41) is 0. The van der Waals surface area contributed by atoms with Crippen LogP contribution in [0.3, 0.4) is 0 Å². The molecule has 0 heterocycles. The van der Waals surface area contributed by atoms with Crippen LogP contribution in [0.25, 0.3) is 0 Å². The molecule has 0 spiro atoms. The number of amides is 1. The molecule has 5 heteroatoms. The molecule has 0 aromatic heterocycles. The monoisotopic (exact) mass is 299 g/mol. The van der Waals surface area contributed by atoms with Crippen molar-refractivity contribution < 1.29 is 18.0 Å². The van der Waals surface area contributed by atoms with Gasteiger partial charge >= 0.3 is 6.18 Å². The minimum atomic E-state index is -4.40. The van der Waals surface area contributed by atoms with Gasteiger partial charge in [-0.3, -0.25) is 4.79 Å². The molecule has 1 amide bonds. The zero-order chi connectivity index (χ0) is 15.8. The van der Waals surface area contributed by atoms with Gasteiger partial charge in [-0.25, -0.2) is 0 Å². The van der Waals surface area contributed by atoms with E-state index in [1.807, 2.05) is 6.92 Å². The van der Waals surface area contributed by atoms with Gasteiger partial charge in [0, 0.05) is 17.6 Å². The van der Waals surface area contributed by atoms with E-state index in [1.54, 1.807) is 19.9 Å². The zero-order valence-corrected chi connectivity index (χ0v) is 12.4. The van der Waals surface area contributed by atoms with Crippen molar-refractivity contribution in [2.75, 3.05) is 4.90 Å². The maximum absolute atomic E-state index is 12.9. The molecule has 2 nitrogen and oxygen atoms in total. The molecule has 0 saturated heterocycles. The van der Waals surface area contributed by atoms with Crippen LogP contribution in [0.5, 0.6) is 0 Å². The van der Waals surface area contributed by atoms with Gasteiger partial charge in [0.05, 0.1) is 5.56 Å². The minimum absolute atomic E-state index is 0.0663. The normalized spacial score (nSPS) is 16.9. The van der Waals surface area contributed by atoms with E-state index in [4.69, 9.17) is 0 Å². The van der Waals surface area contributed by atoms with Crippen molar-refractivity contribution in [1.29, 1.82) is 0 Å². The Labute approximate surface area is 122 Å². The molecule has 0 N–H and O–H groups in total. The number of benzene rings is 1. The molecule has 1 atom stereocenters. The molecule has 2 rings (SSSR count). The van der Waals surface area contributed by atoms with Crippen LogP contribution in [-0.4, -0.2) is 11.9 Å². The predicted octanol–water partition coefficient (Wildman–Crippen LogP) is 4.49. The smallest absolute Gasteiger partial charge is 0.309 e. The lowest BCUT2D eigenvalue weighted by molar-refractivity contribution is -0.137. The highest BCUT2D eigenvalue weighted by Gasteiger charge is 2.37. The molecule has 1 aromatic carbocycles. The zero-order valence-electron chi connectivity index (χ0n) is 12.4. The first-order chi connectivity index (χ1) is 9.71. The molecular weight excluding hydrogens is 279 g/mol. The lowest BCUT2D eigenvalue weighted by atomic mass is 10.1. The molecule has 1 aliphatic carbocycles. The molecule has 0 unspecified atom stereocenters. The van der Waals surface area contributed by atoms with Crippen molar-refractivity contribution in [3.8, 4) is 0 Å². The third-order valence-electron chi connectivity index (χ3n) is 3.89. The van der Waals surface area contributed by atoms with Crippen molar-refractivity contribution >= 4 is 11.6 Å². The Hall–Kier alpha value is -1.52. The van der Waals surface area contributed by atoms with Crippen LogP contribution in [0, 0.1) is 11.8 Å². The maximum Gasteiger partial charge on any atom is 0.416 e. The summed E-state index contributed by atoms with van der Waals surface area (Å²) in [4.78, 5) is 14.0. The second-order valence-corrected chi connectivity index (χ2v) is 5.99. The Balaban J connectivity index is 2.38. The van der Waals surface area contributed by atoms with E-state index in [0.29, 0.717) is 11.6 Å². The van der Waals surface area contributed by atoms with Gasteiger partial charge in [-0.05, 0) is 43.9 Å². The number of alkyl halides is 3. The van der Waals surface area contributed by atoms with Crippen molar-refractivity contribution in [3.05, 3.63) is 29.8 Å². The van der Waals surface area contributed by atoms with Crippen LogP contribution in [0.1, 0.15) is 39.2 Å². The highest BCUT2D eigenvalue weighted by atomic mass is 19.4. The Morgan fingerprint density at radius 3 is 2.33 bits per heavy atom. The van der Waals surface area contributed by atoms with Crippen molar-refractivity contribution in [2.24, 2.45) is 11.8 Å². The standard InChI is InChI=1S/C16H20F3NO/c1-10(2)15(21)20(11(3)12-7-8-12)14-6-4-5-13(9-14)16(17,18)19/h4-6,9-12H,7-8H2,1-3H3/t11-/m0/s1. The lowest BCUT2D eigenvalue weighted by Gasteiger charge is -2.31. The molecule has 0 bridgehead atoms. The van der Waals surface area contributed by atoms with E-state index in [9.17, 15) is 18.0 Å². The average Bonchev–Trinajstić information content (AvgIpc) is 3.22. The van der Waals surface area contributed by atoms with Crippen molar-refractivity contribution in [3.63, 3.8) is 0 Å². The Bertz CT molecular complexity index is 520. The van der Waals surface area contributed by atoms with E-state index in [2.05, 4.69) is 0 Å². The largest absolute Gasteiger partial charge is 0.416 e. The van der Waals surface area contributed by atoms with Gasteiger partial charge in [-0.15, -0.1) is 0 Å². The van der Waals surface area contributed by atoms with Crippen LogP contribution < -0.4 is 4.90 Å². The molecule has 1 aliphatic rings. The van der Waals surface area contributed by atoms with Gasteiger partial charge < -0.3 is 4.90 Å². The van der Waals surface area contributed by atoms with Crippen molar-refractivity contribution in [1.82, 2.24) is 0 Å². The SMILES string of the molecule is CC(C)C(=O)N(c1cccc(C(F)(F)F)c1)[C@@H](C)C1CC1. The first-order valence-electron chi connectivity index (χ1n) is 7.22. The molecule has 21 heavy (non-hydrogen) atoms. The molecule has 116 valence electrons. The maximum atomic E-state index is 12.9. The summed E-state index contributed by atoms with van der Waals surface area (Å²) in [5.74, 6) is 0.0108. The van der Waals surface area contributed by atoms with Crippen molar-refractivity contribution in [2.45, 2.75) is 45.8 Å². The van der Waals surface area contributed by atoms with Gasteiger partial charge in [0.1, 0.15) is 0 Å². The molecular formula is C16H20F3NO. The number of halogens is 3. The summed E-state index contributed by atoms with van der Waals surface area (Å²) in [7, 11) is 0. The first-order valence-corrected chi connectivity index (χ1v) is 7.22. The third-order valence-corrected chi connectivity index (χ3v) is 3.89. The number of hydrogen-bond acceptors (Lipinski definition) is 1. The number of anilines is 1. The fraction of sp³-hybridized carbons (Fsp3) is 0.562. The number of hydrogen-bond donors (Lipinski definition) is 0. The van der Waals surface area contributed by atoms with E-state index >= 15 is 0 Å². The fourth-order valence-electron chi connectivity index (χ4n) is 2.46. The summed E-state index contributed by atoms with van der Waals surface area (Å²) < 4.78 is 38.6. The van der Waals surface area contributed by atoms with Crippen LogP contribution in [0.4, 0.5) is 18.9 Å². The summed E-state index contributed by atoms with van der Waals surface area (Å²) in [6.45, 7) is 5.45. The summed E-state index contributed by atoms with van der Waals surface area (Å²) in [6.07, 6.45) is -2.34. The second kappa shape index (κ2) is 5.70. The molecule has 0 aliphatic heterocycles. The molecule has 1 saturated carbocycles. The third kappa shape index (κ3) is 3.57. The fourth-order valence-corrected chi connectivity index (χ4v) is 2.46. The van der Waals surface area contributed by atoms with Gasteiger partial charge in [0.25, 0.3) is 0 Å². The number of carbonyl (C=O) groups excluding carboxylic acids is 1. The van der Waals surface area contributed by atoms with Gasteiger partial charge in [-0.2, -0.15) is 13.2 Å². The van der Waals surface area contributed by atoms with Gasteiger partial charge in [0.2, 0.25) is 5.91 Å². The summed E-state index contributed by atoms with van der Waals surface area (Å²) in [5.41, 5.74) is -0.382. The Morgan fingerprint density at radius 2 is 1.86 bits per heavy atom. The lowest BCUT2D eigenvalue weighted by Crippen LogP contribution is -2.42. The van der Waals surface area contributed by atoms with E-state index in [1.165, 1.54) is 11.0 Å². The summed E-state index contributed by atoms with van der Waals surface area (Å²) in [6, 6.07) is 4.97. The Morgan fingerprint density at radius 1 is 1.24 bits per heavy atom. The second-order valence-electron chi connectivity index (χ2n) is 5.99. The van der Waals surface area contributed by atoms with Crippen LogP contribution in [-0.2, 0) is 11.0 Å². The molecule has 1 aromatic rings. The average molecular weight is 299 g/mol. The Kier molecular flexibility index (Phi) is 4.30. The van der Waals surface area contributed by atoms with Gasteiger partial charge in [-0.1, -0.05) is 19.9 Å². The van der Waals surface area contributed by atoms with E-state index in [-0.39, 0.29) is 17.9 Å². The molecule has 1 fully saturated rings. The highest BCUT2D eigenvalue weighted by molar-refractivity contribution is 5.95. The number of nitrogens with zero attached hydrogens (tertiary/aromatic N) is 1.